The number of ether oxygens (including phenoxy) is 2. The van der Waals surface area contributed by atoms with Gasteiger partial charge >= 0.3 is 10.1 Å². The number of carbonyl (C=O) groups excluding carboxylic acids is 2. The van der Waals surface area contributed by atoms with Crippen LogP contribution in [0.4, 0.5) is 5.69 Å². The Morgan fingerprint density at radius 1 is 1.08 bits per heavy atom. The van der Waals surface area contributed by atoms with E-state index in [1.54, 1.807) is 41.3 Å². The van der Waals surface area contributed by atoms with E-state index >= 15 is 0 Å². The molecule has 0 aromatic heterocycles. The number of hydrogen-bond acceptors (Lipinski definition) is 7. The average molecular weight is 573 g/mol. The molecule has 1 aliphatic heterocycles. The molecule has 3 aromatic rings. The molecule has 1 saturated heterocycles. The maximum atomic E-state index is 13.5. The van der Waals surface area contributed by atoms with Gasteiger partial charge < -0.3 is 23.9 Å². The lowest BCUT2D eigenvalue weighted by atomic mass is 10.1. The van der Waals surface area contributed by atoms with Gasteiger partial charge in [-0.2, -0.15) is 8.42 Å². The third kappa shape index (κ3) is 7.29. The zero-order valence-electron chi connectivity index (χ0n) is 21.6. The first-order chi connectivity index (χ1) is 18.7. The number of benzene rings is 3. The number of nitrogens with one attached hydrogen (secondary N) is 1. The van der Waals surface area contributed by atoms with Crippen LogP contribution < -0.4 is 14.2 Å². The van der Waals surface area contributed by atoms with Crippen molar-refractivity contribution in [2.45, 2.75) is 37.3 Å². The highest BCUT2D eigenvalue weighted by Crippen LogP contribution is 2.32. The van der Waals surface area contributed by atoms with Crippen LogP contribution in [0.2, 0.25) is 5.02 Å². The Morgan fingerprint density at radius 2 is 1.82 bits per heavy atom. The second-order valence-electron chi connectivity index (χ2n) is 9.03. The lowest BCUT2D eigenvalue weighted by molar-refractivity contribution is -0.114. The van der Waals surface area contributed by atoms with Gasteiger partial charge in [-0.15, -0.1) is 0 Å². The lowest BCUT2D eigenvalue weighted by Crippen LogP contribution is -2.37. The number of rotatable bonds is 10. The van der Waals surface area contributed by atoms with E-state index < -0.39 is 10.1 Å². The summed E-state index contributed by atoms with van der Waals surface area (Å²) in [5.41, 5.74) is 1.45. The van der Waals surface area contributed by atoms with Gasteiger partial charge in [0.2, 0.25) is 5.91 Å². The molecule has 0 aliphatic carbocycles. The molecule has 206 valence electrons. The molecule has 0 saturated carbocycles. The van der Waals surface area contributed by atoms with Crippen LogP contribution in [-0.4, -0.2) is 51.5 Å². The van der Waals surface area contributed by atoms with E-state index in [1.807, 2.05) is 0 Å². The Bertz CT molecular complexity index is 1440. The molecule has 4 rings (SSSR count). The Hall–Kier alpha value is -3.60. The predicted octanol–water partition coefficient (Wildman–Crippen LogP) is 4.90. The molecule has 1 N–H and O–H groups in total. The molecule has 0 spiro atoms. The van der Waals surface area contributed by atoms with E-state index in [1.165, 1.54) is 44.4 Å². The van der Waals surface area contributed by atoms with Crippen LogP contribution in [0.5, 0.6) is 11.5 Å². The van der Waals surface area contributed by atoms with Crippen LogP contribution in [-0.2, 0) is 26.2 Å². The van der Waals surface area contributed by atoms with Gasteiger partial charge in [-0.05, 0) is 66.9 Å². The monoisotopic (exact) mass is 572 g/mol. The zero-order chi connectivity index (χ0) is 28.0. The Kier molecular flexibility index (Phi) is 9.11. The molecule has 0 radical (unpaired) electrons. The molecule has 0 bridgehead atoms. The normalized spacial score (nSPS) is 15.0. The van der Waals surface area contributed by atoms with Crippen molar-refractivity contribution in [1.29, 1.82) is 0 Å². The number of amides is 2. The van der Waals surface area contributed by atoms with Gasteiger partial charge in [-0.1, -0.05) is 29.8 Å². The number of anilines is 1. The summed E-state index contributed by atoms with van der Waals surface area (Å²) in [4.78, 5) is 26.3. The summed E-state index contributed by atoms with van der Waals surface area (Å²) in [7, 11) is -2.83. The number of methoxy groups -OCH3 is 1. The summed E-state index contributed by atoms with van der Waals surface area (Å²) >= 11 is 6.31. The van der Waals surface area contributed by atoms with Gasteiger partial charge in [0.1, 0.15) is 4.90 Å². The molecule has 1 heterocycles. The smallest absolute Gasteiger partial charge is 0.339 e. The topological polar surface area (TPSA) is 111 Å². The van der Waals surface area contributed by atoms with Crippen LogP contribution in [0.15, 0.2) is 71.6 Å². The molecule has 1 aliphatic rings. The van der Waals surface area contributed by atoms with Crippen molar-refractivity contribution in [3.05, 3.63) is 82.9 Å². The Morgan fingerprint density at radius 3 is 2.46 bits per heavy atom. The van der Waals surface area contributed by atoms with Gasteiger partial charge in [0, 0.05) is 32.3 Å². The van der Waals surface area contributed by atoms with Gasteiger partial charge in [-0.25, -0.2) is 0 Å². The van der Waals surface area contributed by atoms with Crippen LogP contribution in [0.3, 0.4) is 0 Å². The summed E-state index contributed by atoms with van der Waals surface area (Å²) in [6, 6.07) is 17.3. The first kappa shape index (κ1) is 28.4. The van der Waals surface area contributed by atoms with Crippen molar-refractivity contribution < 1.29 is 31.7 Å². The summed E-state index contributed by atoms with van der Waals surface area (Å²) < 4.78 is 42.6. The second kappa shape index (κ2) is 12.5. The Labute approximate surface area is 232 Å². The molecule has 9 nitrogen and oxygen atoms in total. The number of nitrogens with zero attached hydrogens (tertiary/aromatic N) is 1. The summed E-state index contributed by atoms with van der Waals surface area (Å²) in [6.07, 6.45) is 1.65. The molecule has 1 atom stereocenters. The molecular weight excluding hydrogens is 544 g/mol. The van der Waals surface area contributed by atoms with Gasteiger partial charge in [0.05, 0.1) is 23.8 Å². The highest BCUT2D eigenvalue weighted by Gasteiger charge is 2.26. The Balaban J connectivity index is 1.59. The fourth-order valence-corrected chi connectivity index (χ4v) is 5.39. The van der Waals surface area contributed by atoms with E-state index in [0.717, 1.165) is 12.8 Å². The number of carbonyl (C=O) groups is 2. The van der Waals surface area contributed by atoms with E-state index in [-0.39, 0.29) is 40.9 Å². The van der Waals surface area contributed by atoms with E-state index in [9.17, 15) is 18.0 Å². The zero-order valence-corrected chi connectivity index (χ0v) is 23.1. The summed E-state index contributed by atoms with van der Waals surface area (Å²) in [6.45, 7) is 2.51. The number of halogens is 1. The minimum Gasteiger partial charge on any atom is -0.493 e. The largest absolute Gasteiger partial charge is 0.493 e. The van der Waals surface area contributed by atoms with E-state index in [4.69, 9.17) is 25.3 Å². The maximum absolute atomic E-state index is 13.5. The third-order valence-corrected chi connectivity index (χ3v) is 7.68. The quantitative estimate of drug-likeness (QED) is 0.344. The first-order valence-electron chi connectivity index (χ1n) is 12.3. The number of hydrogen-bond donors (Lipinski definition) is 1. The highest BCUT2D eigenvalue weighted by atomic mass is 35.5. The van der Waals surface area contributed by atoms with Crippen LogP contribution >= 0.6 is 11.6 Å². The van der Waals surface area contributed by atoms with Crippen LogP contribution in [0, 0.1) is 0 Å². The SMILES string of the molecule is COc1ccc(CN(CC2CCCO2)C(=O)c2ccccc2Cl)cc1OS(=O)(=O)c1ccc(NC(C)=O)cc1. The first-order valence-corrected chi connectivity index (χ1v) is 14.1. The molecule has 1 unspecified atom stereocenters. The van der Waals surface area contributed by atoms with Crippen molar-refractivity contribution in [2.75, 3.05) is 25.6 Å². The minimum absolute atomic E-state index is 0.0248. The van der Waals surface area contributed by atoms with Gasteiger partial charge in [0.15, 0.2) is 11.5 Å². The molecule has 3 aromatic carbocycles. The molecular formula is C28H29ClN2O7S. The standard InChI is InChI=1S/C28H29ClN2O7S/c1-19(32)30-21-10-12-23(13-11-21)39(34,35)38-27-16-20(9-14-26(27)36-2)17-31(18-22-6-5-15-37-22)28(33)24-7-3-4-8-25(24)29/h3-4,7-14,16,22H,5-6,15,17-18H2,1-2H3,(H,30,32). The predicted molar refractivity (Wildman–Crippen MR) is 147 cm³/mol. The van der Waals surface area contributed by atoms with Gasteiger partial charge in [-0.3, -0.25) is 9.59 Å². The minimum atomic E-state index is -4.23. The van der Waals surface area contributed by atoms with Crippen molar-refractivity contribution in [3.8, 4) is 11.5 Å². The van der Waals surface area contributed by atoms with Crippen molar-refractivity contribution in [3.63, 3.8) is 0 Å². The maximum Gasteiger partial charge on any atom is 0.339 e. The average Bonchev–Trinajstić information content (AvgIpc) is 3.41. The fourth-order valence-electron chi connectivity index (χ4n) is 4.24. The molecule has 39 heavy (non-hydrogen) atoms. The molecule has 1 fully saturated rings. The molecule has 2 amide bonds. The van der Waals surface area contributed by atoms with E-state index in [2.05, 4.69) is 5.32 Å². The second-order valence-corrected chi connectivity index (χ2v) is 11.0. The van der Waals surface area contributed by atoms with Crippen molar-refractivity contribution >= 4 is 39.2 Å². The van der Waals surface area contributed by atoms with Crippen molar-refractivity contribution in [1.82, 2.24) is 4.90 Å². The van der Waals surface area contributed by atoms with Crippen LogP contribution in [0.1, 0.15) is 35.7 Å². The lowest BCUT2D eigenvalue weighted by Gasteiger charge is -2.26. The fraction of sp³-hybridized carbons (Fsp3) is 0.286. The highest BCUT2D eigenvalue weighted by molar-refractivity contribution is 7.87. The summed E-state index contributed by atoms with van der Waals surface area (Å²) in [5.74, 6) is -0.352. The van der Waals surface area contributed by atoms with Crippen molar-refractivity contribution in [2.24, 2.45) is 0 Å². The third-order valence-electron chi connectivity index (χ3n) is 6.10. The van der Waals surface area contributed by atoms with Crippen LogP contribution in [0.25, 0.3) is 0 Å². The molecule has 11 heteroatoms. The van der Waals surface area contributed by atoms with E-state index in [0.29, 0.717) is 35.0 Å². The summed E-state index contributed by atoms with van der Waals surface area (Å²) in [5, 5.41) is 2.92. The van der Waals surface area contributed by atoms with Gasteiger partial charge in [0.25, 0.3) is 5.91 Å².